The van der Waals surface area contributed by atoms with Gasteiger partial charge in [-0.1, -0.05) is 11.6 Å². The van der Waals surface area contributed by atoms with Crippen molar-refractivity contribution in [1.29, 1.82) is 0 Å². The molecular weight excluding hydrogens is 263 g/mol. The predicted octanol–water partition coefficient (Wildman–Crippen LogP) is 2.42. The fourth-order valence-electron chi connectivity index (χ4n) is 1.25. The summed E-state index contributed by atoms with van der Waals surface area (Å²) in [7, 11) is 0. The average molecular weight is 269 g/mol. The van der Waals surface area contributed by atoms with E-state index in [1.165, 1.54) is 24.7 Å². The number of hydrogen-bond donors (Lipinski definition) is 2. The van der Waals surface area contributed by atoms with Gasteiger partial charge >= 0.3 is 6.09 Å². The molecule has 0 radical (unpaired) electrons. The Bertz CT molecular complexity index is 608. The van der Waals surface area contributed by atoms with Crippen LogP contribution in [0.25, 0.3) is 11.3 Å². The quantitative estimate of drug-likeness (QED) is 0.817. The van der Waals surface area contributed by atoms with Crippen LogP contribution in [0, 0.1) is 5.95 Å². The average Bonchev–Trinajstić information content (AvgIpc) is 2.32. The Morgan fingerprint density at radius 3 is 2.78 bits per heavy atom. The minimum absolute atomic E-state index is 0.105. The van der Waals surface area contributed by atoms with Crippen LogP contribution in [-0.4, -0.2) is 26.2 Å². The van der Waals surface area contributed by atoms with Crippen molar-refractivity contribution < 1.29 is 14.3 Å². The number of carboxylic acid groups (broad SMARTS) is 1. The van der Waals surface area contributed by atoms with E-state index in [2.05, 4.69) is 20.3 Å². The second-order valence-electron chi connectivity index (χ2n) is 3.22. The highest BCUT2D eigenvalue weighted by Gasteiger charge is 2.07. The molecule has 6 nitrogen and oxygen atoms in total. The summed E-state index contributed by atoms with van der Waals surface area (Å²) in [5, 5.41) is 10.5. The molecule has 2 heterocycles. The van der Waals surface area contributed by atoms with Crippen molar-refractivity contribution in [3.63, 3.8) is 0 Å². The molecule has 8 heteroatoms. The number of rotatable bonds is 2. The molecule has 0 saturated carbocycles. The first-order chi connectivity index (χ1) is 8.56. The van der Waals surface area contributed by atoms with Crippen LogP contribution >= 0.6 is 11.6 Å². The minimum atomic E-state index is -1.24. The van der Waals surface area contributed by atoms with Crippen molar-refractivity contribution in [2.45, 2.75) is 0 Å². The van der Waals surface area contributed by atoms with E-state index in [9.17, 15) is 9.18 Å². The molecule has 0 aliphatic heterocycles. The lowest BCUT2D eigenvalue weighted by Crippen LogP contribution is -2.08. The van der Waals surface area contributed by atoms with Crippen LogP contribution in [0.3, 0.4) is 0 Å². The topological polar surface area (TPSA) is 88.0 Å². The Balaban J connectivity index is 2.38. The van der Waals surface area contributed by atoms with Crippen LogP contribution in [0.1, 0.15) is 0 Å². The van der Waals surface area contributed by atoms with Crippen molar-refractivity contribution in [2.24, 2.45) is 0 Å². The summed E-state index contributed by atoms with van der Waals surface area (Å²) < 4.78 is 12.9. The highest BCUT2D eigenvalue weighted by atomic mass is 35.5. The van der Waals surface area contributed by atoms with Crippen LogP contribution in [0.5, 0.6) is 0 Å². The lowest BCUT2D eigenvalue weighted by molar-refractivity contribution is 0.209. The van der Waals surface area contributed by atoms with Crippen LogP contribution in [0.15, 0.2) is 24.7 Å². The van der Waals surface area contributed by atoms with E-state index in [1.807, 2.05) is 0 Å². The molecule has 2 N–H and O–H groups in total. The summed E-state index contributed by atoms with van der Waals surface area (Å²) in [4.78, 5) is 21.5. The van der Waals surface area contributed by atoms with Gasteiger partial charge in [-0.05, 0) is 6.07 Å². The maximum atomic E-state index is 12.9. The van der Waals surface area contributed by atoms with Crippen LogP contribution in [0.4, 0.5) is 15.0 Å². The lowest BCUT2D eigenvalue weighted by Gasteiger charge is -2.03. The van der Waals surface area contributed by atoms with E-state index in [0.717, 1.165) is 0 Å². The Morgan fingerprint density at radius 2 is 2.11 bits per heavy atom. The molecule has 2 aromatic rings. The molecular formula is C10H6ClFN4O2. The summed E-state index contributed by atoms with van der Waals surface area (Å²) in [5.41, 5.74) is 0.834. The zero-order chi connectivity index (χ0) is 13.1. The SMILES string of the molecule is O=C(O)Nc1cc(-c2cnc(F)c(Cl)c2)ncn1. The number of amides is 1. The highest BCUT2D eigenvalue weighted by Crippen LogP contribution is 2.22. The Kier molecular flexibility index (Phi) is 3.33. The predicted molar refractivity (Wildman–Crippen MR) is 61.9 cm³/mol. The zero-order valence-corrected chi connectivity index (χ0v) is 9.52. The van der Waals surface area contributed by atoms with Gasteiger partial charge in [0.15, 0.2) is 0 Å². The van der Waals surface area contributed by atoms with E-state index in [4.69, 9.17) is 16.7 Å². The normalized spacial score (nSPS) is 10.1. The standard InChI is InChI=1S/C10H6ClFN4O2/c11-6-1-5(3-13-9(6)12)7-2-8(15-4-14-7)16-10(17)18/h1-4H,(H,17,18)(H,14,15,16). The molecule has 0 aromatic carbocycles. The Labute approximate surface area is 105 Å². The van der Waals surface area contributed by atoms with Crippen LogP contribution < -0.4 is 5.32 Å². The van der Waals surface area contributed by atoms with E-state index in [1.54, 1.807) is 0 Å². The first-order valence-corrected chi connectivity index (χ1v) is 5.07. The second kappa shape index (κ2) is 4.92. The smallest absolute Gasteiger partial charge is 0.410 e. The van der Waals surface area contributed by atoms with Crippen LogP contribution in [0.2, 0.25) is 5.02 Å². The number of hydrogen-bond acceptors (Lipinski definition) is 4. The molecule has 0 saturated heterocycles. The number of halogens is 2. The molecule has 18 heavy (non-hydrogen) atoms. The third-order valence-electron chi connectivity index (χ3n) is 1.99. The second-order valence-corrected chi connectivity index (χ2v) is 3.62. The molecule has 0 unspecified atom stereocenters. The Hall–Kier alpha value is -2.28. The Morgan fingerprint density at radius 1 is 1.33 bits per heavy atom. The first-order valence-electron chi connectivity index (χ1n) is 4.69. The summed E-state index contributed by atoms with van der Waals surface area (Å²) >= 11 is 5.60. The van der Waals surface area contributed by atoms with E-state index in [0.29, 0.717) is 11.3 Å². The summed E-state index contributed by atoms with van der Waals surface area (Å²) in [5.74, 6) is -0.675. The van der Waals surface area contributed by atoms with Gasteiger partial charge in [-0.3, -0.25) is 5.32 Å². The fourth-order valence-corrected chi connectivity index (χ4v) is 1.42. The number of aromatic nitrogens is 3. The maximum absolute atomic E-state index is 12.9. The van der Waals surface area contributed by atoms with E-state index in [-0.39, 0.29) is 10.8 Å². The van der Waals surface area contributed by atoms with Crippen LogP contribution in [-0.2, 0) is 0 Å². The molecule has 2 aromatic heterocycles. The summed E-state index contributed by atoms with van der Waals surface area (Å²) in [6, 6.07) is 2.73. The number of nitrogens with zero attached hydrogens (tertiary/aromatic N) is 3. The zero-order valence-electron chi connectivity index (χ0n) is 8.76. The minimum Gasteiger partial charge on any atom is -0.465 e. The fraction of sp³-hybridized carbons (Fsp3) is 0. The van der Waals surface area contributed by atoms with Gasteiger partial charge in [0.25, 0.3) is 0 Å². The van der Waals surface area contributed by atoms with Crippen molar-refractivity contribution in [2.75, 3.05) is 5.32 Å². The number of anilines is 1. The van der Waals surface area contributed by atoms with Gasteiger partial charge in [0.05, 0.1) is 10.7 Å². The highest BCUT2D eigenvalue weighted by molar-refractivity contribution is 6.30. The van der Waals surface area contributed by atoms with Gasteiger partial charge in [-0.2, -0.15) is 4.39 Å². The van der Waals surface area contributed by atoms with Gasteiger partial charge in [0.1, 0.15) is 12.1 Å². The monoisotopic (exact) mass is 268 g/mol. The van der Waals surface area contributed by atoms with E-state index >= 15 is 0 Å². The molecule has 0 aliphatic rings. The molecule has 2 rings (SSSR count). The molecule has 0 spiro atoms. The van der Waals surface area contributed by atoms with Crippen molar-refractivity contribution >= 4 is 23.5 Å². The maximum Gasteiger partial charge on any atom is 0.410 e. The van der Waals surface area contributed by atoms with Gasteiger partial charge in [0, 0.05) is 17.8 Å². The first kappa shape index (κ1) is 12.2. The van der Waals surface area contributed by atoms with Gasteiger partial charge in [-0.25, -0.2) is 19.7 Å². The summed E-state index contributed by atoms with van der Waals surface area (Å²) in [6.07, 6.45) is 1.18. The molecule has 0 fully saturated rings. The number of pyridine rings is 1. The largest absolute Gasteiger partial charge is 0.465 e. The van der Waals surface area contributed by atoms with Crippen molar-refractivity contribution in [3.8, 4) is 11.3 Å². The lowest BCUT2D eigenvalue weighted by atomic mass is 10.2. The van der Waals surface area contributed by atoms with E-state index < -0.39 is 12.0 Å². The molecule has 92 valence electrons. The van der Waals surface area contributed by atoms with Gasteiger partial charge in [0.2, 0.25) is 5.95 Å². The van der Waals surface area contributed by atoms with Crippen molar-refractivity contribution in [1.82, 2.24) is 15.0 Å². The molecule has 0 aliphatic carbocycles. The van der Waals surface area contributed by atoms with Gasteiger partial charge in [-0.15, -0.1) is 0 Å². The summed E-state index contributed by atoms with van der Waals surface area (Å²) in [6.45, 7) is 0. The molecule has 0 bridgehead atoms. The third kappa shape index (κ3) is 2.69. The van der Waals surface area contributed by atoms with Gasteiger partial charge < -0.3 is 5.11 Å². The molecule has 0 atom stereocenters. The number of nitrogens with one attached hydrogen (secondary N) is 1. The van der Waals surface area contributed by atoms with Crippen molar-refractivity contribution in [3.05, 3.63) is 35.6 Å². The molecule has 1 amide bonds. The number of carbonyl (C=O) groups is 1. The third-order valence-corrected chi connectivity index (χ3v) is 2.26.